The van der Waals surface area contributed by atoms with Crippen LogP contribution in [0.5, 0.6) is 0 Å². The molecule has 0 saturated heterocycles. The SMILES string of the molecule is CC1CCC(N2C=C(/N=N/[O-])O[NH2+]2)CC1. The molecule has 1 saturated carbocycles. The fraction of sp³-hybridized carbons (Fsp3) is 0.778. The molecular formula is C9H16N4O2. The molecule has 0 aromatic rings. The van der Waals surface area contributed by atoms with E-state index in [1.54, 1.807) is 11.8 Å². The third kappa shape index (κ3) is 2.38. The normalized spacial score (nSPS) is 31.8. The van der Waals surface area contributed by atoms with Crippen LogP contribution in [0.3, 0.4) is 0 Å². The highest BCUT2D eigenvalue weighted by Gasteiger charge is 2.29. The highest BCUT2D eigenvalue weighted by Crippen LogP contribution is 2.26. The summed E-state index contributed by atoms with van der Waals surface area (Å²) >= 11 is 0. The molecule has 0 bridgehead atoms. The quantitative estimate of drug-likeness (QED) is 0.422. The van der Waals surface area contributed by atoms with Gasteiger partial charge >= 0.3 is 5.88 Å². The highest BCUT2D eigenvalue weighted by molar-refractivity contribution is 4.90. The number of hydrogen-bond acceptors (Lipinski definition) is 5. The lowest BCUT2D eigenvalue weighted by Crippen LogP contribution is -2.90. The Balaban J connectivity index is 1.90. The smallest absolute Gasteiger partial charge is 0.323 e. The van der Waals surface area contributed by atoms with Gasteiger partial charge in [0.2, 0.25) is 0 Å². The second-order valence-electron chi connectivity index (χ2n) is 4.23. The first-order chi connectivity index (χ1) is 7.29. The van der Waals surface area contributed by atoms with E-state index in [0.717, 1.165) is 5.92 Å². The third-order valence-corrected chi connectivity index (χ3v) is 3.10. The minimum Gasteiger partial charge on any atom is -0.775 e. The van der Waals surface area contributed by atoms with Crippen molar-refractivity contribution in [3.05, 3.63) is 17.3 Å². The van der Waals surface area contributed by atoms with Gasteiger partial charge in [-0.05, 0) is 31.6 Å². The average molecular weight is 212 g/mol. The first-order valence-electron chi connectivity index (χ1n) is 5.32. The van der Waals surface area contributed by atoms with Crippen molar-refractivity contribution in [3.8, 4) is 0 Å². The molecule has 0 atom stereocenters. The number of quaternary nitrogens is 1. The Kier molecular flexibility index (Phi) is 3.05. The van der Waals surface area contributed by atoms with Crippen molar-refractivity contribution in [3.63, 3.8) is 0 Å². The van der Waals surface area contributed by atoms with Gasteiger partial charge in [0, 0.05) is 0 Å². The Morgan fingerprint density at radius 2 is 2.20 bits per heavy atom. The molecule has 15 heavy (non-hydrogen) atoms. The molecule has 1 aliphatic carbocycles. The maximum Gasteiger partial charge on any atom is 0.323 e. The summed E-state index contributed by atoms with van der Waals surface area (Å²) in [5.41, 5.74) is 1.62. The minimum atomic E-state index is 0.281. The predicted molar refractivity (Wildman–Crippen MR) is 52.6 cm³/mol. The van der Waals surface area contributed by atoms with Gasteiger partial charge in [0.15, 0.2) is 0 Å². The van der Waals surface area contributed by atoms with E-state index < -0.39 is 0 Å². The van der Waals surface area contributed by atoms with E-state index in [0.29, 0.717) is 6.04 Å². The minimum absolute atomic E-state index is 0.281. The molecule has 6 heteroatoms. The van der Waals surface area contributed by atoms with Gasteiger partial charge in [-0.2, -0.15) is 5.01 Å². The van der Waals surface area contributed by atoms with Crippen molar-refractivity contribution in [2.75, 3.05) is 0 Å². The van der Waals surface area contributed by atoms with Crippen LogP contribution in [0.4, 0.5) is 0 Å². The van der Waals surface area contributed by atoms with Crippen LogP contribution in [-0.2, 0) is 4.84 Å². The fourth-order valence-electron chi connectivity index (χ4n) is 2.12. The molecule has 0 spiro atoms. The maximum atomic E-state index is 9.92. The fourth-order valence-corrected chi connectivity index (χ4v) is 2.12. The van der Waals surface area contributed by atoms with Crippen LogP contribution >= 0.6 is 0 Å². The van der Waals surface area contributed by atoms with Crippen molar-refractivity contribution in [2.24, 2.45) is 16.3 Å². The molecule has 0 aromatic carbocycles. The third-order valence-electron chi connectivity index (χ3n) is 3.10. The molecule has 1 heterocycles. The first kappa shape index (κ1) is 10.2. The molecule has 1 aliphatic heterocycles. The second-order valence-corrected chi connectivity index (χ2v) is 4.23. The number of nitrogens with two attached hydrogens (primary N) is 1. The Morgan fingerprint density at radius 3 is 2.87 bits per heavy atom. The van der Waals surface area contributed by atoms with Crippen LogP contribution in [0.25, 0.3) is 0 Å². The lowest BCUT2D eigenvalue weighted by Gasteiger charge is -2.28. The van der Waals surface area contributed by atoms with E-state index in [2.05, 4.69) is 17.3 Å². The van der Waals surface area contributed by atoms with E-state index in [1.807, 2.05) is 5.01 Å². The van der Waals surface area contributed by atoms with Crippen LogP contribution in [0.15, 0.2) is 22.5 Å². The Labute approximate surface area is 88.5 Å². The predicted octanol–water partition coefficient (Wildman–Crippen LogP) is 1.04. The van der Waals surface area contributed by atoms with Gasteiger partial charge in [-0.15, -0.1) is 5.11 Å². The summed E-state index contributed by atoms with van der Waals surface area (Å²) < 4.78 is 0. The monoisotopic (exact) mass is 212 g/mol. The van der Waals surface area contributed by atoms with Gasteiger partial charge in [0.25, 0.3) is 0 Å². The van der Waals surface area contributed by atoms with Crippen molar-refractivity contribution >= 4 is 0 Å². The molecule has 84 valence electrons. The van der Waals surface area contributed by atoms with Crippen molar-refractivity contribution < 1.29 is 10.4 Å². The zero-order valence-electron chi connectivity index (χ0n) is 8.80. The van der Waals surface area contributed by atoms with Crippen LogP contribution in [-0.4, -0.2) is 11.1 Å². The van der Waals surface area contributed by atoms with Crippen molar-refractivity contribution in [1.29, 1.82) is 0 Å². The number of rotatable bonds is 2. The van der Waals surface area contributed by atoms with E-state index in [1.165, 1.54) is 25.7 Å². The molecule has 0 amide bonds. The first-order valence-corrected chi connectivity index (χ1v) is 5.32. The highest BCUT2D eigenvalue weighted by atomic mass is 16.7. The van der Waals surface area contributed by atoms with Crippen LogP contribution in [0.2, 0.25) is 0 Å². The number of nitrogens with zero attached hydrogens (tertiary/aromatic N) is 3. The molecule has 0 radical (unpaired) electrons. The standard InChI is InChI=1S/C9H16N4O2/c1-7-2-4-8(5-3-7)13-6-9(10-11-14)15-12-13/h6-8,12H,2-5H2,1H3,(H,10,14). The van der Waals surface area contributed by atoms with Gasteiger partial charge in [-0.25, -0.2) is 5.28 Å². The van der Waals surface area contributed by atoms with Crippen LogP contribution in [0, 0.1) is 11.1 Å². The molecule has 1 fully saturated rings. The van der Waals surface area contributed by atoms with Crippen LogP contribution < -0.4 is 5.59 Å². The van der Waals surface area contributed by atoms with Crippen molar-refractivity contribution in [2.45, 2.75) is 38.6 Å². The van der Waals surface area contributed by atoms with Gasteiger partial charge in [0.1, 0.15) is 6.20 Å². The average Bonchev–Trinajstić information content (AvgIpc) is 2.68. The second kappa shape index (κ2) is 4.48. The zero-order valence-corrected chi connectivity index (χ0v) is 8.80. The molecule has 2 aliphatic rings. The topological polar surface area (TPSA) is 76.9 Å². The Morgan fingerprint density at radius 1 is 1.47 bits per heavy atom. The molecule has 6 nitrogen and oxygen atoms in total. The summed E-state index contributed by atoms with van der Waals surface area (Å²) in [6.45, 7) is 2.29. The molecule has 0 aromatic heterocycles. The summed E-state index contributed by atoms with van der Waals surface area (Å²) in [5, 5.41) is 17.7. The molecular weight excluding hydrogens is 196 g/mol. The Bertz CT molecular complexity index is 271. The lowest BCUT2D eigenvalue weighted by molar-refractivity contribution is -0.975. The maximum absolute atomic E-state index is 9.92. The van der Waals surface area contributed by atoms with Gasteiger partial charge < -0.3 is 5.21 Å². The van der Waals surface area contributed by atoms with Crippen molar-refractivity contribution in [1.82, 2.24) is 5.01 Å². The molecule has 2 rings (SSSR count). The molecule has 2 N–H and O–H groups in total. The van der Waals surface area contributed by atoms with E-state index in [9.17, 15) is 5.21 Å². The largest absolute Gasteiger partial charge is 0.775 e. The lowest BCUT2D eigenvalue weighted by atomic mass is 9.87. The van der Waals surface area contributed by atoms with E-state index in [4.69, 9.17) is 4.84 Å². The summed E-state index contributed by atoms with van der Waals surface area (Å²) in [4.78, 5) is 5.09. The molecule has 0 unspecified atom stereocenters. The number of hydrogen-bond donors (Lipinski definition) is 1. The summed E-state index contributed by atoms with van der Waals surface area (Å²) in [7, 11) is 0. The summed E-state index contributed by atoms with van der Waals surface area (Å²) in [6.07, 6.45) is 6.57. The van der Waals surface area contributed by atoms with E-state index >= 15 is 0 Å². The Hall–Kier alpha value is -1.30. The van der Waals surface area contributed by atoms with Crippen LogP contribution in [0.1, 0.15) is 32.6 Å². The van der Waals surface area contributed by atoms with Gasteiger partial charge in [0.05, 0.1) is 6.04 Å². The van der Waals surface area contributed by atoms with E-state index in [-0.39, 0.29) is 5.88 Å². The summed E-state index contributed by atoms with van der Waals surface area (Å²) in [6, 6.07) is 0.487. The summed E-state index contributed by atoms with van der Waals surface area (Å²) in [5.74, 6) is 1.11. The zero-order chi connectivity index (χ0) is 10.7. The van der Waals surface area contributed by atoms with Gasteiger partial charge in [-0.3, -0.25) is 4.84 Å². The van der Waals surface area contributed by atoms with Gasteiger partial charge in [-0.1, -0.05) is 12.5 Å².